The van der Waals surface area contributed by atoms with Crippen LogP contribution in [0.25, 0.3) is 0 Å². The highest BCUT2D eigenvalue weighted by Gasteiger charge is 1.91. The molecule has 0 fully saturated rings. The third-order valence-electron chi connectivity index (χ3n) is 1.58. The Hall–Kier alpha value is -0.890. The zero-order valence-corrected chi connectivity index (χ0v) is 7.49. The van der Waals surface area contributed by atoms with Crippen LogP contribution in [0.15, 0.2) is 24.4 Å². The fourth-order valence-electron chi connectivity index (χ4n) is 0.969. The molecular formula is C10H15NO. The molecule has 0 aliphatic carbocycles. The minimum Gasteiger partial charge on any atom is -0.381 e. The van der Waals surface area contributed by atoms with Crippen molar-refractivity contribution in [2.45, 2.75) is 19.8 Å². The van der Waals surface area contributed by atoms with Gasteiger partial charge in [0.15, 0.2) is 0 Å². The average Bonchev–Trinajstić information content (AvgIpc) is 2.14. The largest absolute Gasteiger partial charge is 0.381 e. The lowest BCUT2D eigenvalue weighted by atomic mass is 10.3. The molecule has 0 bridgehead atoms. The molecule has 1 heterocycles. The van der Waals surface area contributed by atoms with Crippen LogP contribution in [0, 0.1) is 0 Å². The van der Waals surface area contributed by atoms with Gasteiger partial charge in [-0.05, 0) is 18.6 Å². The van der Waals surface area contributed by atoms with Crippen molar-refractivity contribution in [2.24, 2.45) is 0 Å². The van der Waals surface area contributed by atoms with Crippen molar-refractivity contribution < 1.29 is 4.74 Å². The van der Waals surface area contributed by atoms with E-state index in [9.17, 15) is 0 Å². The number of ether oxygens (including phenoxy) is 1. The Morgan fingerprint density at radius 3 is 2.92 bits per heavy atom. The highest BCUT2D eigenvalue weighted by molar-refractivity contribution is 5.03. The van der Waals surface area contributed by atoms with E-state index in [1.165, 1.54) is 0 Å². The molecule has 2 heteroatoms. The Morgan fingerprint density at radius 1 is 1.33 bits per heavy atom. The van der Waals surface area contributed by atoms with Crippen LogP contribution in [0.1, 0.15) is 19.0 Å². The predicted molar refractivity (Wildman–Crippen MR) is 49.1 cm³/mol. The summed E-state index contributed by atoms with van der Waals surface area (Å²) in [5, 5.41) is 0. The van der Waals surface area contributed by atoms with Gasteiger partial charge in [0.2, 0.25) is 0 Å². The second-order valence-electron chi connectivity index (χ2n) is 2.68. The van der Waals surface area contributed by atoms with Gasteiger partial charge < -0.3 is 4.74 Å². The number of hydrogen-bond acceptors (Lipinski definition) is 2. The summed E-state index contributed by atoms with van der Waals surface area (Å²) in [6.45, 7) is 3.75. The molecule has 0 aromatic carbocycles. The molecule has 1 aromatic heterocycles. The smallest absolute Gasteiger partial charge is 0.0521 e. The number of aromatic nitrogens is 1. The van der Waals surface area contributed by atoms with Gasteiger partial charge in [-0.2, -0.15) is 0 Å². The van der Waals surface area contributed by atoms with Crippen LogP contribution in [0.3, 0.4) is 0 Å². The fraction of sp³-hybridized carbons (Fsp3) is 0.500. The van der Waals surface area contributed by atoms with Gasteiger partial charge in [-0.1, -0.05) is 13.0 Å². The summed E-state index contributed by atoms with van der Waals surface area (Å²) < 4.78 is 5.35. The summed E-state index contributed by atoms with van der Waals surface area (Å²) in [5.74, 6) is 0. The van der Waals surface area contributed by atoms with E-state index in [4.69, 9.17) is 4.74 Å². The lowest BCUT2D eigenvalue weighted by Crippen LogP contribution is -2.00. The van der Waals surface area contributed by atoms with Crippen molar-refractivity contribution >= 4 is 0 Å². The molecule has 0 spiro atoms. The Morgan fingerprint density at radius 2 is 2.25 bits per heavy atom. The molecule has 0 amide bonds. The summed E-state index contributed by atoms with van der Waals surface area (Å²) in [6.07, 6.45) is 3.82. The Labute approximate surface area is 73.6 Å². The Balaban J connectivity index is 2.16. The first kappa shape index (κ1) is 9.20. The first-order valence-corrected chi connectivity index (χ1v) is 4.41. The summed E-state index contributed by atoms with van der Waals surface area (Å²) >= 11 is 0. The van der Waals surface area contributed by atoms with E-state index < -0.39 is 0 Å². The summed E-state index contributed by atoms with van der Waals surface area (Å²) in [6, 6.07) is 5.95. The molecule has 1 aromatic rings. The molecule has 0 aliphatic heterocycles. The minimum absolute atomic E-state index is 0.783. The predicted octanol–water partition coefficient (Wildman–Crippen LogP) is 2.05. The van der Waals surface area contributed by atoms with Gasteiger partial charge in [-0.25, -0.2) is 0 Å². The van der Waals surface area contributed by atoms with Crippen LogP contribution < -0.4 is 0 Å². The second-order valence-corrected chi connectivity index (χ2v) is 2.68. The number of pyridine rings is 1. The second kappa shape index (κ2) is 5.72. The van der Waals surface area contributed by atoms with Crippen molar-refractivity contribution in [1.29, 1.82) is 0 Å². The molecule has 1 rings (SSSR count). The normalized spacial score (nSPS) is 10.1. The Kier molecular flexibility index (Phi) is 4.39. The molecule has 66 valence electrons. The van der Waals surface area contributed by atoms with Crippen molar-refractivity contribution in [3.05, 3.63) is 30.1 Å². The van der Waals surface area contributed by atoms with E-state index in [1.54, 1.807) is 0 Å². The molecule has 0 unspecified atom stereocenters. The van der Waals surface area contributed by atoms with Gasteiger partial charge in [0, 0.05) is 24.9 Å². The van der Waals surface area contributed by atoms with Crippen LogP contribution in [0.4, 0.5) is 0 Å². The first-order valence-electron chi connectivity index (χ1n) is 4.41. The molecule has 0 aliphatic rings. The van der Waals surface area contributed by atoms with Crippen LogP contribution in [0.2, 0.25) is 0 Å². The highest BCUT2D eigenvalue weighted by atomic mass is 16.5. The highest BCUT2D eigenvalue weighted by Crippen LogP contribution is 1.94. The third-order valence-corrected chi connectivity index (χ3v) is 1.58. The monoisotopic (exact) mass is 165 g/mol. The van der Waals surface area contributed by atoms with Crippen LogP contribution in [-0.4, -0.2) is 18.2 Å². The van der Waals surface area contributed by atoms with E-state index >= 15 is 0 Å². The SMILES string of the molecule is CCCOCCc1ccccn1. The molecule has 0 N–H and O–H groups in total. The maximum absolute atomic E-state index is 5.35. The van der Waals surface area contributed by atoms with Crippen molar-refractivity contribution in [2.75, 3.05) is 13.2 Å². The lowest BCUT2D eigenvalue weighted by molar-refractivity contribution is 0.137. The zero-order chi connectivity index (χ0) is 8.65. The van der Waals surface area contributed by atoms with E-state index in [-0.39, 0.29) is 0 Å². The van der Waals surface area contributed by atoms with E-state index in [0.717, 1.165) is 31.7 Å². The molecule has 2 nitrogen and oxygen atoms in total. The van der Waals surface area contributed by atoms with E-state index in [1.807, 2.05) is 24.4 Å². The summed E-state index contributed by atoms with van der Waals surface area (Å²) in [4.78, 5) is 4.20. The molecule has 0 atom stereocenters. The first-order chi connectivity index (χ1) is 5.93. The molecule has 12 heavy (non-hydrogen) atoms. The van der Waals surface area contributed by atoms with Crippen LogP contribution in [-0.2, 0) is 11.2 Å². The maximum Gasteiger partial charge on any atom is 0.0521 e. The van der Waals surface area contributed by atoms with Gasteiger partial charge in [-0.3, -0.25) is 4.98 Å². The maximum atomic E-state index is 5.35. The van der Waals surface area contributed by atoms with Gasteiger partial charge in [0.05, 0.1) is 6.61 Å². The number of hydrogen-bond donors (Lipinski definition) is 0. The standard InChI is InChI=1S/C10H15NO/c1-2-8-12-9-6-10-5-3-4-7-11-10/h3-5,7H,2,6,8-9H2,1H3. The third kappa shape index (κ3) is 3.49. The van der Waals surface area contributed by atoms with Crippen LogP contribution in [0.5, 0.6) is 0 Å². The number of rotatable bonds is 5. The molecule has 0 radical (unpaired) electrons. The molecular weight excluding hydrogens is 150 g/mol. The minimum atomic E-state index is 0.783. The fourth-order valence-corrected chi connectivity index (χ4v) is 0.969. The molecule has 0 saturated heterocycles. The van der Waals surface area contributed by atoms with Crippen LogP contribution >= 0.6 is 0 Å². The van der Waals surface area contributed by atoms with Gasteiger partial charge >= 0.3 is 0 Å². The topological polar surface area (TPSA) is 22.1 Å². The summed E-state index contributed by atoms with van der Waals surface area (Å²) in [7, 11) is 0. The van der Waals surface area contributed by atoms with Gasteiger partial charge in [0.25, 0.3) is 0 Å². The Bertz CT molecular complexity index is 198. The molecule has 0 saturated carbocycles. The number of nitrogens with zero attached hydrogens (tertiary/aromatic N) is 1. The average molecular weight is 165 g/mol. The quantitative estimate of drug-likeness (QED) is 0.623. The van der Waals surface area contributed by atoms with Crippen molar-refractivity contribution in [3.8, 4) is 0 Å². The van der Waals surface area contributed by atoms with Gasteiger partial charge in [-0.15, -0.1) is 0 Å². The zero-order valence-electron chi connectivity index (χ0n) is 7.49. The van der Waals surface area contributed by atoms with Crippen molar-refractivity contribution in [1.82, 2.24) is 4.98 Å². The summed E-state index contributed by atoms with van der Waals surface area (Å²) in [5.41, 5.74) is 1.11. The van der Waals surface area contributed by atoms with Crippen molar-refractivity contribution in [3.63, 3.8) is 0 Å². The van der Waals surface area contributed by atoms with E-state index in [0.29, 0.717) is 0 Å². The lowest BCUT2D eigenvalue weighted by Gasteiger charge is -2.00. The van der Waals surface area contributed by atoms with E-state index in [2.05, 4.69) is 11.9 Å². The van der Waals surface area contributed by atoms with Gasteiger partial charge in [0.1, 0.15) is 0 Å².